The maximum Gasteiger partial charge on any atom is 0.244 e. The second kappa shape index (κ2) is 5.18. The quantitative estimate of drug-likeness (QED) is 0.868. The lowest BCUT2D eigenvalue weighted by Gasteiger charge is -2.19. The van der Waals surface area contributed by atoms with Crippen molar-refractivity contribution in [2.24, 2.45) is 23.7 Å². The molecule has 1 heterocycles. The summed E-state index contributed by atoms with van der Waals surface area (Å²) in [7, 11) is 0. The lowest BCUT2D eigenvalue weighted by Crippen LogP contribution is -2.39. The Balaban J connectivity index is 1.44. The van der Waals surface area contributed by atoms with E-state index < -0.39 is 0 Å². The predicted octanol–water partition coefficient (Wildman–Crippen LogP) is 1.96. The van der Waals surface area contributed by atoms with Gasteiger partial charge in [-0.05, 0) is 50.2 Å². The lowest BCUT2D eigenvalue weighted by atomic mass is 9.81. The molecule has 2 aliphatic carbocycles. The summed E-state index contributed by atoms with van der Waals surface area (Å²) in [5.74, 6) is -0.194. The van der Waals surface area contributed by atoms with Gasteiger partial charge < -0.3 is 5.32 Å². The summed E-state index contributed by atoms with van der Waals surface area (Å²) in [6, 6.07) is 7.44. The van der Waals surface area contributed by atoms with E-state index in [-0.39, 0.29) is 36.1 Å². The standard InChI is InChI=1S/C18H20N2O3/c1-10-2-6-13(7-3-10)19-14(21)9-20-17(22)15-11-4-5-12(8-11)16(15)18(20)23/h2-3,6-7,11-12,15-16H,4-5,8-9H2,1H3,(H,19,21). The topological polar surface area (TPSA) is 66.5 Å². The Morgan fingerprint density at radius 1 is 1.09 bits per heavy atom. The zero-order valence-electron chi connectivity index (χ0n) is 13.1. The number of nitrogens with one attached hydrogen (secondary N) is 1. The van der Waals surface area contributed by atoms with Crippen LogP contribution in [0.25, 0.3) is 0 Å². The molecule has 2 saturated carbocycles. The predicted molar refractivity (Wildman–Crippen MR) is 84.3 cm³/mol. The maximum absolute atomic E-state index is 12.5. The average Bonchev–Trinajstić information content (AvgIpc) is 3.19. The third-order valence-electron chi connectivity index (χ3n) is 5.66. The van der Waals surface area contributed by atoms with Crippen molar-refractivity contribution in [3.8, 4) is 0 Å². The van der Waals surface area contributed by atoms with E-state index in [2.05, 4.69) is 5.32 Å². The van der Waals surface area contributed by atoms with Gasteiger partial charge in [-0.15, -0.1) is 0 Å². The first-order chi connectivity index (χ1) is 11.0. The average molecular weight is 312 g/mol. The van der Waals surface area contributed by atoms with Crippen molar-refractivity contribution >= 4 is 23.4 Å². The number of anilines is 1. The molecular formula is C18H20N2O3. The van der Waals surface area contributed by atoms with E-state index >= 15 is 0 Å². The van der Waals surface area contributed by atoms with Crippen LogP contribution in [0.15, 0.2) is 24.3 Å². The Hall–Kier alpha value is -2.17. The van der Waals surface area contributed by atoms with Crippen molar-refractivity contribution in [1.82, 2.24) is 4.90 Å². The molecule has 1 aromatic rings. The highest BCUT2D eigenvalue weighted by Crippen LogP contribution is 2.56. The van der Waals surface area contributed by atoms with Crippen LogP contribution in [0.1, 0.15) is 24.8 Å². The van der Waals surface area contributed by atoms with Gasteiger partial charge in [0.05, 0.1) is 11.8 Å². The maximum atomic E-state index is 12.5. The summed E-state index contributed by atoms with van der Waals surface area (Å²) >= 11 is 0. The van der Waals surface area contributed by atoms with E-state index in [0.29, 0.717) is 17.5 Å². The SMILES string of the molecule is Cc1ccc(NC(=O)CN2C(=O)C3C4CCC(C4)C3C2=O)cc1. The van der Waals surface area contributed by atoms with Gasteiger partial charge in [-0.2, -0.15) is 0 Å². The number of amides is 3. The van der Waals surface area contributed by atoms with Crippen LogP contribution in [0.5, 0.6) is 0 Å². The van der Waals surface area contributed by atoms with Crippen LogP contribution in [0.3, 0.4) is 0 Å². The number of benzene rings is 1. The minimum Gasteiger partial charge on any atom is -0.325 e. The molecule has 4 unspecified atom stereocenters. The van der Waals surface area contributed by atoms with E-state index in [4.69, 9.17) is 0 Å². The second-order valence-electron chi connectivity index (χ2n) is 7.06. The molecule has 4 atom stereocenters. The number of likely N-dealkylation sites (tertiary alicyclic amines) is 1. The molecule has 0 aromatic heterocycles. The summed E-state index contributed by atoms with van der Waals surface area (Å²) in [6.45, 7) is 1.80. The summed E-state index contributed by atoms with van der Waals surface area (Å²) in [5, 5.41) is 2.76. The van der Waals surface area contributed by atoms with E-state index in [0.717, 1.165) is 24.8 Å². The third-order valence-corrected chi connectivity index (χ3v) is 5.66. The van der Waals surface area contributed by atoms with Crippen molar-refractivity contribution in [2.45, 2.75) is 26.2 Å². The number of fused-ring (bicyclic) bond motifs is 5. The lowest BCUT2D eigenvalue weighted by molar-refractivity contribution is -0.143. The van der Waals surface area contributed by atoms with E-state index in [1.165, 1.54) is 4.90 Å². The summed E-state index contributed by atoms with van der Waals surface area (Å²) in [4.78, 5) is 38.5. The van der Waals surface area contributed by atoms with Crippen LogP contribution >= 0.6 is 0 Å². The number of carbonyl (C=O) groups is 3. The molecule has 3 fully saturated rings. The van der Waals surface area contributed by atoms with Gasteiger partial charge in [0.2, 0.25) is 17.7 Å². The first-order valence-electron chi connectivity index (χ1n) is 8.26. The number of hydrogen-bond acceptors (Lipinski definition) is 3. The molecule has 3 amide bonds. The van der Waals surface area contributed by atoms with Crippen molar-refractivity contribution in [3.63, 3.8) is 0 Å². The molecule has 1 aromatic carbocycles. The highest BCUT2D eigenvalue weighted by molar-refractivity contribution is 6.09. The van der Waals surface area contributed by atoms with Crippen molar-refractivity contribution in [1.29, 1.82) is 0 Å². The molecule has 0 radical (unpaired) electrons. The van der Waals surface area contributed by atoms with Crippen LogP contribution in [-0.2, 0) is 14.4 Å². The number of rotatable bonds is 3. The normalized spacial score (nSPS) is 31.6. The summed E-state index contributed by atoms with van der Waals surface area (Å²) < 4.78 is 0. The van der Waals surface area contributed by atoms with Gasteiger partial charge in [0.15, 0.2) is 0 Å². The number of hydrogen-bond donors (Lipinski definition) is 1. The Morgan fingerprint density at radius 2 is 1.65 bits per heavy atom. The van der Waals surface area contributed by atoms with Gasteiger partial charge >= 0.3 is 0 Å². The van der Waals surface area contributed by atoms with E-state index in [1.807, 2.05) is 31.2 Å². The van der Waals surface area contributed by atoms with Crippen LogP contribution in [-0.4, -0.2) is 29.2 Å². The molecule has 1 saturated heterocycles. The van der Waals surface area contributed by atoms with Gasteiger partial charge in [0, 0.05) is 5.69 Å². The molecule has 23 heavy (non-hydrogen) atoms. The van der Waals surface area contributed by atoms with Gasteiger partial charge in [-0.1, -0.05) is 17.7 Å². The minimum atomic E-state index is -0.317. The van der Waals surface area contributed by atoms with Crippen LogP contribution in [0.2, 0.25) is 0 Å². The Labute approximate surface area is 135 Å². The first kappa shape index (κ1) is 14.4. The zero-order valence-corrected chi connectivity index (χ0v) is 13.1. The molecule has 5 heteroatoms. The number of imide groups is 1. The largest absolute Gasteiger partial charge is 0.325 e. The molecule has 4 rings (SSSR count). The molecule has 1 N–H and O–H groups in total. The fourth-order valence-electron chi connectivity index (χ4n) is 4.61. The molecular weight excluding hydrogens is 292 g/mol. The number of nitrogens with zero attached hydrogens (tertiary/aromatic N) is 1. The van der Waals surface area contributed by atoms with Crippen LogP contribution in [0, 0.1) is 30.6 Å². The number of aryl methyl sites for hydroxylation is 1. The molecule has 5 nitrogen and oxygen atoms in total. The van der Waals surface area contributed by atoms with E-state index in [1.54, 1.807) is 0 Å². The molecule has 0 spiro atoms. The van der Waals surface area contributed by atoms with E-state index in [9.17, 15) is 14.4 Å². The van der Waals surface area contributed by atoms with Crippen LogP contribution < -0.4 is 5.32 Å². The molecule has 120 valence electrons. The molecule has 2 bridgehead atoms. The number of carbonyl (C=O) groups excluding carboxylic acids is 3. The summed E-state index contributed by atoms with van der Waals surface area (Å²) in [5.41, 5.74) is 1.79. The van der Waals surface area contributed by atoms with Gasteiger partial charge in [-0.25, -0.2) is 0 Å². The Morgan fingerprint density at radius 3 is 2.22 bits per heavy atom. The highest BCUT2D eigenvalue weighted by atomic mass is 16.2. The van der Waals surface area contributed by atoms with Gasteiger partial charge in [0.1, 0.15) is 6.54 Å². The first-order valence-corrected chi connectivity index (χ1v) is 8.26. The fourth-order valence-corrected chi connectivity index (χ4v) is 4.61. The third kappa shape index (κ3) is 2.26. The van der Waals surface area contributed by atoms with Crippen molar-refractivity contribution in [3.05, 3.63) is 29.8 Å². The smallest absolute Gasteiger partial charge is 0.244 e. The molecule has 3 aliphatic rings. The second-order valence-corrected chi connectivity index (χ2v) is 7.06. The van der Waals surface area contributed by atoms with Gasteiger partial charge in [-0.3, -0.25) is 19.3 Å². The van der Waals surface area contributed by atoms with Crippen molar-refractivity contribution < 1.29 is 14.4 Å². The minimum absolute atomic E-state index is 0.133. The zero-order chi connectivity index (χ0) is 16.1. The summed E-state index contributed by atoms with van der Waals surface area (Å²) in [6.07, 6.45) is 3.11. The Kier molecular flexibility index (Phi) is 3.25. The fraction of sp³-hybridized carbons (Fsp3) is 0.500. The van der Waals surface area contributed by atoms with Crippen LogP contribution in [0.4, 0.5) is 5.69 Å². The Bertz CT molecular complexity index is 654. The van der Waals surface area contributed by atoms with Crippen molar-refractivity contribution in [2.75, 3.05) is 11.9 Å². The monoisotopic (exact) mass is 312 g/mol. The van der Waals surface area contributed by atoms with Gasteiger partial charge in [0.25, 0.3) is 0 Å². The highest BCUT2D eigenvalue weighted by Gasteiger charge is 2.60. The molecule has 1 aliphatic heterocycles.